The van der Waals surface area contributed by atoms with Gasteiger partial charge in [-0.05, 0) is 37.0 Å². The Balaban J connectivity index is 3.68. The number of hydrogen-bond acceptors (Lipinski definition) is 0. The van der Waals surface area contributed by atoms with Gasteiger partial charge in [0, 0.05) is 0 Å². The molecule has 2 atom stereocenters. The molecule has 0 aliphatic carbocycles. The Morgan fingerprint density at radius 3 is 2.00 bits per heavy atom. The van der Waals surface area contributed by atoms with Crippen LogP contribution in [-0.4, -0.2) is 0 Å². The van der Waals surface area contributed by atoms with E-state index in [9.17, 15) is 0 Å². The van der Waals surface area contributed by atoms with E-state index in [2.05, 4.69) is 46.8 Å². The Morgan fingerprint density at radius 2 is 1.54 bits per heavy atom. The molecule has 13 heavy (non-hydrogen) atoms. The fourth-order valence-corrected chi connectivity index (χ4v) is 1.69. The van der Waals surface area contributed by atoms with Crippen molar-refractivity contribution in [3.8, 4) is 0 Å². The van der Waals surface area contributed by atoms with E-state index in [0.29, 0.717) is 0 Å². The van der Waals surface area contributed by atoms with Crippen LogP contribution >= 0.6 is 0 Å². The lowest BCUT2D eigenvalue weighted by Gasteiger charge is -2.20. The summed E-state index contributed by atoms with van der Waals surface area (Å²) in [6.07, 6.45) is 8.40. The minimum Gasteiger partial charge on any atom is -0.0888 e. The van der Waals surface area contributed by atoms with Crippen LogP contribution in [-0.2, 0) is 0 Å². The van der Waals surface area contributed by atoms with Crippen molar-refractivity contribution in [2.24, 2.45) is 17.8 Å². The third-order valence-electron chi connectivity index (χ3n) is 2.72. The smallest absolute Gasteiger partial charge is 0.0322 e. The molecule has 0 aliphatic rings. The van der Waals surface area contributed by atoms with Crippen molar-refractivity contribution in [1.82, 2.24) is 0 Å². The van der Waals surface area contributed by atoms with E-state index in [4.69, 9.17) is 0 Å². The molecular weight excluding hydrogens is 156 g/mol. The lowest BCUT2D eigenvalue weighted by Crippen LogP contribution is -2.09. The van der Waals surface area contributed by atoms with Crippen molar-refractivity contribution >= 4 is 0 Å². The lowest BCUT2D eigenvalue weighted by molar-refractivity contribution is 0.325. The third-order valence-corrected chi connectivity index (χ3v) is 2.72. The highest BCUT2D eigenvalue weighted by Gasteiger charge is 2.11. The highest BCUT2D eigenvalue weighted by atomic mass is 14.2. The molecule has 0 aromatic heterocycles. The third kappa shape index (κ3) is 6.86. The fourth-order valence-electron chi connectivity index (χ4n) is 1.69. The Bertz CT molecular complexity index is 133. The standard InChI is InChI=1S/C13H26/c1-6-7-8-9-12(4)13(5)10-11(2)3/h7-8,11-13H,6,9-10H2,1-5H3. The zero-order valence-corrected chi connectivity index (χ0v) is 10.0. The van der Waals surface area contributed by atoms with E-state index < -0.39 is 0 Å². The number of allylic oxidation sites excluding steroid dienone is 2. The average Bonchev–Trinajstić information content (AvgIpc) is 2.03. The molecule has 0 heteroatoms. The van der Waals surface area contributed by atoms with Crippen molar-refractivity contribution in [1.29, 1.82) is 0 Å². The predicted octanol–water partition coefficient (Wildman–Crippen LogP) is 4.66. The van der Waals surface area contributed by atoms with E-state index in [-0.39, 0.29) is 0 Å². The molecule has 2 unspecified atom stereocenters. The normalized spacial score (nSPS) is 16.8. The monoisotopic (exact) mass is 182 g/mol. The molecule has 0 saturated heterocycles. The number of rotatable bonds is 6. The molecule has 0 aliphatic heterocycles. The molecule has 0 aromatic carbocycles. The second-order valence-corrected chi connectivity index (χ2v) is 4.70. The van der Waals surface area contributed by atoms with Gasteiger partial charge in [0.25, 0.3) is 0 Å². The van der Waals surface area contributed by atoms with Gasteiger partial charge in [-0.25, -0.2) is 0 Å². The van der Waals surface area contributed by atoms with Gasteiger partial charge in [0.2, 0.25) is 0 Å². The lowest BCUT2D eigenvalue weighted by atomic mass is 9.86. The first-order valence-corrected chi connectivity index (χ1v) is 5.72. The summed E-state index contributed by atoms with van der Waals surface area (Å²) in [4.78, 5) is 0. The van der Waals surface area contributed by atoms with Gasteiger partial charge in [0.05, 0.1) is 0 Å². The zero-order valence-electron chi connectivity index (χ0n) is 10.0. The maximum absolute atomic E-state index is 2.38. The van der Waals surface area contributed by atoms with Crippen LogP contribution in [0, 0.1) is 17.8 Å². The van der Waals surface area contributed by atoms with Gasteiger partial charge in [-0.3, -0.25) is 0 Å². The van der Waals surface area contributed by atoms with Gasteiger partial charge in [-0.2, -0.15) is 0 Å². The van der Waals surface area contributed by atoms with E-state index >= 15 is 0 Å². The van der Waals surface area contributed by atoms with Crippen LogP contribution in [0.25, 0.3) is 0 Å². The first-order valence-electron chi connectivity index (χ1n) is 5.72. The molecule has 0 saturated carbocycles. The molecule has 0 rings (SSSR count). The molecule has 0 spiro atoms. The maximum atomic E-state index is 2.38. The van der Waals surface area contributed by atoms with Crippen molar-refractivity contribution in [2.45, 2.75) is 53.9 Å². The van der Waals surface area contributed by atoms with E-state index in [0.717, 1.165) is 17.8 Å². The Labute approximate surface area is 84.4 Å². The predicted molar refractivity (Wildman–Crippen MR) is 61.8 cm³/mol. The molecule has 0 radical (unpaired) electrons. The molecule has 0 nitrogen and oxygen atoms in total. The van der Waals surface area contributed by atoms with Gasteiger partial charge < -0.3 is 0 Å². The first kappa shape index (κ1) is 12.7. The summed E-state index contributed by atoms with van der Waals surface area (Å²) < 4.78 is 0. The van der Waals surface area contributed by atoms with Crippen LogP contribution in [0.5, 0.6) is 0 Å². The summed E-state index contributed by atoms with van der Waals surface area (Å²) in [5.74, 6) is 2.54. The topological polar surface area (TPSA) is 0 Å². The quantitative estimate of drug-likeness (QED) is 0.524. The highest BCUT2D eigenvalue weighted by molar-refractivity contribution is 4.83. The summed E-state index contributed by atoms with van der Waals surface area (Å²) in [5.41, 5.74) is 0. The van der Waals surface area contributed by atoms with Crippen LogP contribution < -0.4 is 0 Å². The molecule has 0 bridgehead atoms. The maximum Gasteiger partial charge on any atom is -0.0322 e. The van der Waals surface area contributed by atoms with Crippen molar-refractivity contribution < 1.29 is 0 Å². The first-order chi connectivity index (χ1) is 6.07. The summed E-state index contributed by atoms with van der Waals surface area (Å²) in [6.45, 7) is 11.6. The Kier molecular flexibility index (Phi) is 7.03. The molecule has 78 valence electrons. The second-order valence-electron chi connectivity index (χ2n) is 4.70. The van der Waals surface area contributed by atoms with Gasteiger partial charge in [0.15, 0.2) is 0 Å². The average molecular weight is 182 g/mol. The molecule has 0 fully saturated rings. The van der Waals surface area contributed by atoms with Crippen LogP contribution in [0.4, 0.5) is 0 Å². The molecule has 0 aromatic rings. The van der Waals surface area contributed by atoms with E-state index in [1.807, 2.05) is 0 Å². The van der Waals surface area contributed by atoms with E-state index in [1.165, 1.54) is 19.3 Å². The molecule has 0 amide bonds. The van der Waals surface area contributed by atoms with Crippen LogP contribution in [0.3, 0.4) is 0 Å². The summed E-state index contributed by atoms with van der Waals surface area (Å²) in [5, 5.41) is 0. The summed E-state index contributed by atoms with van der Waals surface area (Å²) >= 11 is 0. The van der Waals surface area contributed by atoms with Crippen LogP contribution in [0.1, 0.15) is 53.9 Å². The SMILES string of the molecule is CCC=CCC(C)C(C)CC(C)C. The second kappa shape index (κ2) is 7.17. The zero-order chi connectivity index (χ0) is 10.3. The van der Waals surface area contributed by atoms with Gasteiger partial charge >= 0.3 is 0 Å². The van der Waals surface area contributed by atoms with Crippen molar-refractivity contribution in [2.75, 3.05) is 0 Å². The van der Waals surface area contributed by atoms with Gasteiger partial charge in [0.1, 0.15) is 0 Å². The highest BCUT2D eigenvalue weighted by Crippen LogP contribution is 2.22. The van der Waals surface area contributed by atoms with Crippen molar-refractivity contribution in [3.63, 3.8) is 0 Å². The number of hydrogen-bond donors (Lipinski definition) is 0. The Morgan fingerprint density at radius 1 is 0.923 bits per heavy atom. The van der Waals surface area contributed by atoms with E-state index in [1.54, 1.807) is 0 Å². The minimum atomic E-state index is 0.838. The largest absolute Gasteiger partial charge is 0.0888 e. The van der Waals surface area contributed by atoms with Crippen molar-refractivity contribution in [3.05, 3.63) is 12.2 Å². The molecular formula is C13H26. The van der Waals surface area contributed by atoms with Gasteiger partial charge in [-0.15, -0.1) is 0 Å². The fraction of sp³-hybridized carbons (Fsp3) is 0.846. The Hall–Kier alpha value is -0.260. The van der Waals surface area contributed by atoms with Crippen LogP contribution in [0.2, 0.25) is 0 Å². The van der Waals surface area contributed by atoms with Crippen LogP contribution in [0.15, 0.2) is 12.2 Å². The molecule has 0 heterocycles. The summed E-state index contributed by atoms with van der Waals surface area (Å²) in [7, 11) is 0. The summed E-state index contributed by atoms with van der Waals surface area (Å²) in [6, 6.07) is 0. The van der Waals surface area contributed by atoms with Gasteiger partial charge in [-0.1, -0.05) is 46.8 Å². The minimum absolute atomic E-state index is 0.838. The molecule has 0 N–H and O–H groups in total.